The van der Waals surface area contributed by atoms with Gasteiger partial charge in [0.05, 0.1) is 0 Å². The summed E-state index contributed by atoms with van der Waals surface area (Å²) in [5, 5.41) is 11.1. The monoisotopic (exact) mass is 283 g/mol. The van der Waals surface area contributed by atoms with E-state index in [2.05, 4.69) is 51.6 Å². The smallest absolute Gasteiger partial charge is 0.244 e. The van der Waals surface area contributed by atoms with E-state index in [-0.39, 0.29) is 0 Å². The van der Waals surface area contributed by atoms with Gasteiger partial charge in [0.15, 0.2) is 0 Å². The Morgan fingerprint density at radius 1 is 1.19 bits per heavy atom. The Morgan fingerprint density at radius 2 is 1.95 bits per heavy atom. The number of piperazine rings is 1. The average Bonchev–Trinajstić information content (AvgIpc) is 3.14. The van der Waals surface area contributed by atoms with Crippen LogP contribution in [-0.4, -0.2) is 40.9 Å². The molecule has 2 aromatic rings. The van der Waals surface area contributed by atoms with Crippen molar-refractivity contribution >= 4 is 5.95 Å². The maximum Gasteiger partial charge on any atom is 0.244 e. The first kappa shape index (κ1) is 12.8. The zero-order chi connectivity index (χ0) is 14.2. The molecule has 4 rings (SSSR count). The lowest BCUT2D eigenvalue weighted by Gasteiger charge is -2.30. The fraction of sp³-hybridized carbons (Fsp3) is 0.500. The Hall–Kier alpha value is -1.88. The van der Waals surface area contributed by atoms with Gasteiger partial charge >= 0.3 is 0 Å². The Balaban J connectivity index is 1.51. The van der Waals surface area contributed by atoms with Crippen LogP contribution in [0.3, 0.4) is 0 Å². The molecule has 110 valence electrons. The second kappa shape index (κ2) is 5.15. The molecule has 5 heteroatoms. The molecule has 1 fully saturated rings. The van der Waals surface area contributed by atoms with E-state index < -0.39 is 0 Å². The summed E-state index contributed by atoms with van der Waals surface area (Å²) in [6.07, 6.45) is 2.14. The summed E-state index contributed by atoms with van der Waals surface area (Å²) in [5.74, 6) is 2.34. The highest BCUT2D eigenvalue weighted by Crippen LogP contribution is 2.32. The topological polar surface area (TPSA) is 56.8 Å². The fourth-order valence-electron chi connectivity index (χ4n) is 3.46. The number of anilines is 1. The van der Waals surface area contributed by atoms with Crippen LogP contribution in [-0.2, 0) is 12.8 Å². The lowest BCUT2D eigenvalue weighted by molar-refractivity contribution is 0.479. The number of H-pyrrole nitrogens is 1. The minimum absolute atomic E-state index is 0.448. The number of fused-ring (bicyclic) bond motifs is 1. The summed E-state index contributed by atoms with van der Waals surface area (Å²) in [6, 6.07) is 9.19. The van der Waals surface area contributed by atoms with E-state index in [9.17, 15) is 0 Å². The minimum Gasteiger partial charge on any atom is -0.337 e. The third-order valence-electron chi connectivity index (χ3n) is 4.58. The Labute approximate surface area is 124 Å². The van der Waals surface area contributed by atoms with Gasteiger partial charge in [-0.15, -0.1) is 5.10 Å². The average molecular weight is 283 g/mol. The van der Waals surface area contributed by atoms with Gasteiger partial charge in [-0.2, -0.15) is 4.98 Å². The van der Waals surface area contributed by atoms with E-state index in [0.29, 0.717) is 12.0 Å². The van der Waals surface area contributed by atoms with Gasteiger partial charge < -0.3 is 10.2 Å². The van der Waals surface area contributed by atoms with Crippen molar-refractivity contribution in [3.05, 3.63) is 41.2 Å². The van der Waals surface area contributed by atoms with Crippen molar-refractivity contribution in [2.45, 2.75) is 31.7 Å². The van der Waals surface area contributed by atoms with E-state index in [1.165, 1.54) is 11.1 Å². The quantitative estimate of drug-likeness (QED) is 0.876. The van der Waals surface area contributed by atoms with Crippen molar-refractivity contribution in [3.8, 4) is 0 Å². The number of nitrogens with zero attached hydrogens (tertiary/aromatic N) is 3. The molecule has 1 unspecified atom stereocenters. The molecular formula is C16H21N5. The van der Waals surface area contributed by atoms with E-state index in [4.69, 9.17) is 4.98 Å². The van der Waals surface area contributed by atoms with Gasteiger partial charge in [0.25, 0.3) is 0 Å². The molecule has 1 atom stereocenters. The van der Waals surface area contributed by atoms with Crippen molar-refractivity contribution in [1.29, 1.82) is 0 Å². The number of hydrogen-bond acceptors (Lipinski definition) is 4. The summed E-state index contributed by atoms with van der Waals surface area (Å²) in [6.45, 7) is 5.15. The normalized spacial score (nSPS) is 22.5. The molecule has 1 aliphatic carbocycles. The second-order valence-electron chi connectivity index (χ2n) is 6.20. The van der Waals surface area contributed by atoms with Crippen LogP contribution in [0.2, 0.25) is 0 Å². The lowest BCUT2D eigenvalue weighted by atomic mass is 10.1. The van der Waals surface area contributed by atoms with Crippen LogP contribution < -0.4 is 10.2 Å². The van der Waals surface area contributed by atoms with Gasteiger partial charge in [-0.1, -0.05) is 24.3 Å². The van der Waals surface area contributed by atoms with Crippen LogP contribution in [0, 0.1) is 0 Å². The largest absolute Gasteiger partial charge is 0.337 e. The number of aromatic nitrogens is 3. The summed E-state index contributed by atoms with van der Waals surface area (Å²) in [7, 11) is 0. The van der Waals surface area contributed by atoms with Crippen LogP contribution in [0.15, 0.2) is 24.3 Å². The molecule has 0 radical (unpaired) electrons. The van der Waals surface area contributed by atoms with Crippen LogP contribution in [0.4, 0.5) is 5.95 Å². The van der Waals surface area contributed by atoms with Crippen molar-refractivity contribution in [1.82, 2.24) is 20.5 Å². The lowest BCUT2D eigenvalue weighted by Crippen LogP contribution is -2.49. The first-order valence-electron chi connectivity index (χ1n) is 7.77. The molecule has 1 aromatic heterocycles. The minimum atomic E-state index is 0.448. The summed E-state index contributed by atoms with van der Waals surface area (Å²) in [4.78, 5) is 7.03. The maximum atomic E-state index is 4.76. The molecule has 0 spiro atoms. The van der Waals surface area contributed by atoms with Crippen LogP contribution in [0.1, 0.15) is 29.8 Å². The van der Waals surface area contributed by atoms with Crippen molar-refractivity contribution < 1.29 is 0 Å². The molecule has 0 bridgehead atoms. The third kappa shape index (κ3) is 2.42. The van der Waals surface area contributed by atoms with Crippen LogP contribution in [0.5, 0.6) is 0 Å². The van der Waals surface area contributed by atoms with Gasteiger partial charge in [-0.3, -0.25) is 5.10 Å². The van der Waals surface area contributed by atoms with Gasteiger partial charge in [-0.05, 0) is 30.9 Å². The van der Waals surface area contributed by atoms with Crippen LogP contribution in [0.25, 0.3) is 0 Å². The number of rotatable bonds is 2. The molecule has 1 aromatic carbocycles. The Morgan fingerprint density at radius 3 is 2.67 bits per heavy atom. The summed E-state index contributed by atoms with van der Waals surface area (Å²) in [5.41, 5.74) is 2.91. The molecule has 21 heavy (non-hydrogen) atoms. The Bertz CT molecular complexity index is 610. The molecule has 2 aliphatic rings. The van der Waals surface area contributed by atoms with E-state index >= 15 is 0 Å². The van der Waals surface area contributed by atoms with Gasteiger partial charge in [0.1, 0.15) is 5.82 Å². The van der Waals surface area contributed by atoms with Gasteiger partial charge in [0.2, 0.25) is 5.95 Å². The predicted molar refractivity (Wildman–Crippen MR) is 82.7 cm³/mol. The van der Waals surface area contributed by atoms with E-state index in [0.717, 1.165) is 44.2 Å². The molecular weight excluding hydrogens is 262 g/mol. The van der Waals surface area contributed by atoms with E-state index in [1.807, 2.05) is 0 Å². The highest BCUT2D eigenvalue weighted by molar-refractivity contribution is 5.37. The summed E-state index contributed by atoms with van der Waals surface area (Å²) >= 11 is 0. The molecule has 1 aliphatic heterocycles. The molecule has 2 N–H and O–H groups in total. The predicted octanol–water partition coefficient (Wildman–Crippen LogP) is 1.49. The zero-order valence-corrected chi connectivity index (χ0v) is 12.3. The fourth-order valence-corrected chi connectivity index (χ4v) is 3.46. The van der Waals surface area contributed by atoms with Crippen molar-refractivity contribution in [2.75, 3.05) is 24.5 Å². The molecule has 0 amide bonds. The molecule has 1 saturated heterocycles. The number of aromatic amines is 1. The molecule has 5 nitrogen and oxygen atoms in total. The highest BCUT2D eigenvalue weighted by Gasteiger charge is 2.26. The zero-order valence-electron chi connectivity index (χ0n) is 12.3. The molecule has 0 saturated carbocycles. The second-order valence-corrected chi connectivity index (χ2v) is 6.20. The first-order valence-corrected chi connectivity index (χ1v) is 7.77. The van der Waals surface area contributed by atoms with Gasteiger partial charge in [0, 0.05) is 31.6 Å². The van der Waals surface area contributed by atoms with E-state index in [1.54, 1.807) is 0 Å². The summed E-state index contributed by atoms with van der Waals surface area (Å²) < 4.78 is 0. The third-order valence-corrected chi connectivity index (χ3v) is 4.58. The maximum absolute atomic E-state index is 4.76. The standard InChI is InChI=1S/C16H21N5/c1-11-10-21(7-6-17-11)16-18-15(19-20-16)14-8-12-4-2-3-5-13(12)9-14/h2-5,11,14,17H,6-10H2,1H3,(H,18,19,20). The number of hydrogen-bond donors (Lipinski definition) is 2. The highest BCUT2D eigenvalue weighted by atomic mass is 15.4. The van der Waals surface area contributed by atoms with Crippen LogP contribution >= 0.6 is 0 Å². The first-order chi connectivity index (χ1) is 10.3. The number of benzene rings is 1. The van der Waals surface area contributed by atoms with Crippen molar-refractivity contribution in [3.63, 3.8) is 0 Å². The number of nitrogens with one attached hydrogen (secondary N) is 2. The Kier molecular flexibility index (Phi) is 3.15. The SMILES string of the molecule is CC1CN(c2n[nH]c(C3Cc4ccccc4C3)n2)CCN1. The van der Waals surface area contributed by atoms with Crippen molar-refractivity contribution in [2.24, 2.45) is 0 Å². The van der Waals surface area contributed by atoms with Gasteiger partial charge in [-0.25, -0.2) is 0 Å². The molecule has 2 heterocycles.